The topological polar surface area (TPSA) is 55.1 Å². The van der Waals surface area contributed by atoms with Crippen molar-refractivity contribution in [2.45, 2.75) is 37.5 Å². The molecule has 0 unspecified atom stereocenters. The molecule has 3 nitrogen and oxygen atoms in total. The van der Waals surface area contributed by atoms with Gasteiger partial charge < -0.3 is 11.1 Å². The Morgan fingerprint density at radius 2 is 1.94 bits per heavy atom. The average Bonchev–Trinajstić information content (AvgIpc) is 3.25. The fourth-order valence-corrected chi connectivity index (χ4v) is 2.54. The van der Waals surface area contributed by atoms with Crippen LogP contribution >= 0.6 is 0 Å². The third-order valence-corrected chi connectivity index (χ3v) is 4.18. The molecule has 0 atom stereocenters. The zero-order chi connectivity index (χ0) is 12.6. The minimum Gasteiger partial charge on any atom is -0.399 e. The van der Waals surface area contributed by atoms with Gasteiger partial charge in [0, 0.05) is 12.2 Å². The van der Waals surface area contributed by atoms with Gasteiger partial charge in [0.2, 0.25) is 5.91 Å². The summed E-state index contributed by atoms with van der Waals surface area (Å²) in [6, 6.07) is 7.74. The van der Waals surface area contributed by atoms with E-state index in [0.717, 1.165) is 43.0 Å². The number of nitrogen functional groups attached to an aromatic ring is 1. The number of hydrogen-bond donors (Lipinski definition) is 2. The standard InChI is InChI=1S/C15H20N2O/c16-13-5-3-12(4-6-13)15(8-9-15)14(18)17-10-7-11-1-2-11/h3-6,11H,1-2,7-10,16H2,(H,17,18). The molecule has 3 heteroatoms. The van der Waals surface area contributed by atoms with Crippen molar-refractivity contribution in [3.63, 3.8) is 0 Å². The molecular formula is C15H20N2O. The van der Waals surface area contributed by atoms with Gasteiger partial charge in [0.1, 0.15) is 0 Å². The van der Waals surface area contributed by atoms with E-state index in [0.29, 0.717) is 0 Å². The first-order valence-corrected chi connectivity index (χ1v) is 6.85. The Kier molecular flexibility index (Phi) is 2.77. The summed E-state index contributed by atoms with van der Waals surface area (Å²) in [6.07, 6.45) is 5.76. The number of hydrogen-bond acceptors (Lipinski definition) is 2. The van der Waals surface area contributed by atoms with Gasteiger partial charge in [-0.05, 0) is 42.9 Å². The molecule has 0 radical (unpaired) electrons. The zero-order valence-electron chi connectivity index (χ0n) is 10.6. The predicted molar refractivity (Wildman–Crippen MR) is 72.1 cm³/mol. The molecule has 2 aliphatic carbocycles. The first-order chi connectivity index (χ1) is 8.71. The number of benzene rings is 1. The number of rotatable bonds is 5. The van der Waals surface area contributed by atoms with E-state index in [1.807, 2.05) is 24.3 Å². The Morgan fingerprint density at radius 3 is 2.50 bits per heavy atom. The summed E-state index contributed by atoms with van der Waals surface area (Å²) in [7, 11) is 0. The lowest BCUT2D eigenvalue weighted by Crippen LogP contribution is -2.35. The molecule has 1 aromatic rings. The van der Waals surface area contributed by atoms with E-state index in [2.05, 4.69) is 5.32 Å². The van der Waals surface area contributed by atoms with E-state index in [1.54, 1.807) is 0 Å². The molecular weight excluding hydrogens is 224 g/mol. The lowest BCUT2D eigenvalue weighted by atomic mass is 9.94. The van der Waals surface area contributed by atoms with Crippen LogP contribution in [-0.4, -0.2) is 12.5 Å². The van der Waals surface area contributed by atoms with E-state index < -0.39 is 0 Å². The number of anilines is 1. The first kappa shape index (κ1) is 11.6. The summed E-state index contributed by atoms with van der Waals surface area (Å²) in [5.74, 6) is 1.07. The summed E-state index contributed by atoms with van der Waals surface area (Å²) in [6.45, 7) is 0.834. The predicted octanol–water partition coefficient (Wildman–Crippen LogP) is 2.22. The van der Waals surface area contributed by atoms with E-state index in [4.69, 9.17) is 5.73 Å². The molecule has 18 heavy (non-hydrogen) atoms. The van der Waals surface area contributed by atoms with Gasteiger partial charge in [0.15, 0.2) is 0 Å². The highest BCUT2D eigenvalue weighted by molar-refractivity contribution is 5.91. The molecule has 1 aromatic carbocycles. The normalized spacial score (nSPS) is 20.4. The molecule has 3 N–H and O–H groups in total. The van der Waals surface area contributed by atoms with Gasteiger partial charge in [-0.3, -0.25) is 4.79 Å². The van der Waals surface area contributed by atoms with E-state index in [1.165, 1.54) is 12.8 Å². The highest BCUT2D eigenvalue weighted by Crippen LogP contribution is 2.48. The van der Waals surface area contributed by atoms with Gasteiger partial charge in [-0.2, -0.15) is 0 Å². The molecule has 0 spiro atoms. The van der Waals surface area contributed by atoms with Crippen molar-refractivity contribution in [1.29, 1.82) is 0 Å². The lowest BCUT2D eigenvalue weighted by Gasteiger charge is -2.16. The molecule has 96 valence electrons. The van der Waals surface area contributed by atoms with Crippen LogP contribution in [0.15, 0.2) is 24.3 Å². The fraction of sp³-hybridized carbons (Fsp3) is 0.533. The molecule has 1 amide bonds. The number of nitrogens with two attached hydrogens (primary N) is 1. The Labute approximate surface area is 108 Å². The molecule has 0 saturated heterocycles. The highest BCUT2D eigenvalue weighted by Gasteiger charge is 2.51. The molecule has 2 fully saturated rings. The van der Waals surface area contributed by atoms with Crippen molar-refractivity contribution in [3.8, 4) is 0 Å². The van der Waals surface area contributed by atoms with Gasteiger partial charge in [0.25, 0.3) is 0 Å². The smallest absolute Gasteiger partial charge is 0.230 e. The summed E-state index contributed by atoms with van der Waals surface area (Å²) in [4.78, 5) is 12.3. The van der Waals surface area contributed by atoms with Gasteiger partial charge >= 0.3 is 0 Å². The summed E-state index contributed by atoms with van der Waals surface area (Å²) in [5.41, 5.74) is 7.30. The molecule has 0 aliphatic heterocycles. The number of nitrogens with one attached hydrogen (secondary N) is 1. The van der Waals surface area contributed by atoms with Crippen LogP contribution in [0.5, 0.6) is 0 Å². The van der Waals surface area contributed by atoms with E-state index in [9.17, 15) is 4.79 Å². The minimum absolute atomic E-state index is 0.202. The average molecular weight is 244 g/mol. The van der Waals surface area contributed by atoms with Crippen LogP contribution < -0.4 is 11.1 Å². The maximum absolute atomic E-state index is 12.3. The van der Waals surface area contributed by atoms with Gasteiger partial charge in [-0.25, -0.2) is 0 Å². The summed E-state index contributed by atoms with van der Waals surface area (Å²) >= 11 is 0. The third-order valence-electron chi connectivity index (χ3n) is 4.18. The van der Waals surface area contributed by atoms with Crippen LogP contribution in [-0.2, 0) is 10.2 Å². The van der Waals surface area contributed by atoms with Gasteiger partial charge in [-0.15, -0.1) is 0 Å². The number of amides is 1. The van der Waals surface area contributed by atoms with Gasteiger partial charge in [-0.1, -0.05) is 25.0 Å². The van der Waals surface area contributed by atoms with Crippen molar-refractivity contribution in [3.05, 3.63) is 29.8 Å². The van der Waals surface area contributed by atoms with Crippen LogP contribution in [0.2, 0.25) is 0 Å². The molecule has 3 rings (SSSR count). The Balaban J connectivity index is 1.62. The molecule has 2 saturated carbocycles. The number of carbonyl (C=O) groups excluding carboxylic acids is 1. The largest absolute Gasteiger partial charge is 0.399 e. The lowest BCUT2D eigenvalue weighted by molar-refractivity contribution is -0.123. The Hall–Kier alpha value is -1.51. The van der Waals surface area contributed by atoms with Crippen molar-refractivity contribution in [2.75, 3.05) is 12.3 Å². The maximum Gasteiger partial charge on any atom is 0.230 e. The maximum atomic E-state index is 12.3. The fourth-order valence-electron chi connectivity index (χ4n) is 2.54. The van der Waals surface area contributed by atoms with Crippen LogP contribution in [0, 0.1) is 5.92 Å². The summed E-state index contributed by atoms with van der Waals surface area (Å²) in [5, 5.41) is 3.10. The Bertz CT molecular complexity index is 444. The summed E-state index contributed by atoms with van der Waals surface area (Å²) < 4.78 is 0. The van der Waals surface area contributed by atoms with E-state index >= 15 is 0 Å². The monoisotopic (exact) mass is 244 g/mol. The van der Waals surface area contributed by atoms with Crippen molar-refractivity contribution in [1.82, 2.24) is 5.32 Å². The second kappa shape index (κ2) is 4.30. The van der Waals surface area contributed by atoms with Crippen LogP contribution in [0.4, 0.5) is 5.69 Å². The SMILES string of the molecule is Nc1ccc(C2(C(=O)NCCC3CC3)CC2)cc1. The van der Waals surface area contributed by atoms with Crippen LogP contribution in [0.1, 0.15) is 37.7 Å². The van der Waals surface area contributed by atoms with Crippen molar-refractivity contribution < 1.29 is 4.79 Å². The minimum atomic E-state index is -0.253. The van der Waals surface area contributed by atoms with Crippen molar-refractivity contribution in [2.24, 2.45) is 5.92 Å². The second-order valence-electron chi connectivity index (χ2n) is 5.69. The molecule has 0 heterocycles. The quantitative estimate of drug-likeness (QED) is 0.780. The molecule has 0 bridgehead atoms. The van der Waals surface area contributed by atoms with Crippen molar-refractivity contribution >= 4 is 11.6 Å². The highest BCUT2D eigenvalue weighted by atomic mass is 16.2. The van der Waals surface area contributed by atoms with Crippen LogP contribution in [0.3, 0.4) is 0 Å². The third kappa shape index (κ3) is 2.22. The number of carbonyl (C=O) groups is 1. The second-order valence-corrected chi connectivity index (χ2v) is 5.69. The van der Waals surface area contributed by atoms with Crippen LogP contribution in [0.25, 0.3) is 0 Å². The molecule has 2 aliphatic rings. The van der Waals surface area contributed by atoms with E-state index in [-0.39, 0.29) is 11.3 Å². The zero-order valence-corrected chi connectivity index (χ0v) is 10.6. The Morgan fingerprint density at radius 1 is 1.28 bits per heavy atom. The van der Waals surface area contributed by atoms with Gasteiger partial charge in [0.05, 0.1) is 5.41 Å². The first-order valence-electron chi connectivity index (χ1n) is 6.85. The molecule has 0 aromatic heterocycles.